The van der Waals surface area contributed by atoms with Gasteiger partial charge in [-0.25, -0.2) is 0 Å². The molecule has 0 saturated carbocycles. The molecule has 0 saturated heterocycles. The van der Waals surface area contributed by atoms with Gasteiger partial charge in [0.1, 0.15) is 0 Å². The third-order valence-electron chi connectivity index (χ3n) is 3.04. The average molecular weight is 223 g/mol. The van der Waals surface area contributed by atoms with Gasteiger partial charge in [0.05, 0.1) is 11.0 Å². The van der Waals surface area contributed by atoms with Crippen molar-refractivity contribution in [2.24, 2.45) is 0 Å². The number of fused-ring (bicyclic) bond motifs is 3. The summed E-state index contributed by atoms with van der Waals surface area (Å²) in [5.74, 6) is 0. The highest BCUT2D eigenvalue weighted by Crippen LogP contribution is 2.31. The Labute approximate surface area is 98.9 Å². The average Bonchev–Trinajstić information content (AvgIpc) is 2.60. The number of nitrogens with zero attached hydrogens (tertiary/aromatic N) is 1. The van der Waals surface area contributed by atoms with Crippen molar-refractivity contribution in [3.8, 4) is 0 Å². The van der Waals surface area contributed by atoms with Crippen molar-refractivity contribution < 1.29 is 0 Å². The molecule has 0 spiro atoms. The molecule has 0 fully saturated rings. The first-order valence-electron chi connectivity index (χ1n) is 5.42. The van der Waals surface area contributed by atoms with E-state index in [4.69, 9.17) is 11.5 Å². The molecule has 84 valence electrons. The zero-order chi connectivity index (χ0) is 12.0. The first-order chi connectivity index (χ1) is 8.20. The second-order valence-corrected chi connectivity index (χ2v) is 4.11. The quantitative estimate of drug-likeness (QED) is 0.623. The van der Waals surface area contributed by atoms with E-state index < -0.39 is 0 Å². The molecule has 3 rings (SSSR count). The Balaban J connectivity index is 2.61. The normalized spacial score (nSPS) is 11.1. The third-order valence-corrected chi connectivity index (χ3v) is 3.04. The lowest BCUT2D eigenvalue weighted by Gasteiger charge is -2.00. The SMILES string of the molecule is C=Cn1c2cc(N)ccc2c2ccc(N)cc21. The van der Waals surface area contributed by atoms with Crippen molar-refractivity contribution in [2.75, 3.05) is 11.5 Å². The van der Waals surface area contributed by atoms with Gasteiger partial charge in [-0.05, 0) is 24.3 Å². The van der Waals surface area contributed by atoms with Gasteiger partial charge in [0.15, 0.2) is 0 Å². The van der Waals surface area contributed by atoms with E-state index in [1.165, 1.54) is 0 Å². The van der Waals surface area contributed by atoms with E-state index in [9.17, 15) is 0 Å². The number of hydrogen-bond donors (Lipinski definition) is 2. The first kappa shape index (κ1) is 9.78. The smallest absolute Gasteiger partial charge is 0.0555 e. The van der Waals surface area contributed by atoms with E-state index >= 15 is 0 Å². The van der Waals surface area contributed by atoms with E-state index in [-0.39, 0.29) is 0 Å². The van der Waals surface area contributed by atoms with Crippen LogP contribution in [0.3, 0.4) is 0 Å². The molecule has 2 aromatic carbocycles. The van der Waals surface area contributed by atoms with Crippen LogP contribution in [0.1, 0.15) is 0 Å². The Kier molecular flexibility index (Phi) is 1.89. The van der Waals surface area contributed by atoms with Gasteiger partial charge in [-0.15, -0.1) is 0 Å². The molecule has 0 unspecified atom stereocenters. The zero-order valence-corrected chi connectivity index (χ0v) is 9.35. The number of benzene rings is 2. The van der Waals surface area contributed by atoms with Crippen LogP contribution in [0.25, 0.3) is 28.0 Å². The topological polar surface area (TPSA) is 57.0 Å². The van der Waals surface area contributed by atoms with Crippen molar-refractivity contribution >= 4 is 39.4 Å². The van der Waals surface area contributed by atoms with E-state index in [0.717, 1.165) is 33.2 Å². The van der Waals surface area contributed by atoms with Crippen LogP contribution in [0.4, 0.5) is 11.4 Å². The summed E-state index contributed by atoms with van der Waals surface area (Å²) in [7, 11) is 0. The summed E-state index contributed by atoms with van der Waals surface area (Å²) in [5.41, 5.74) is 15.3. The monoisotopic (exact) mass is 223 g/mol. The molecule has 3 aromatic rings. The molecule has 0 atom stereocenters. The van der Waals surface area contributed by atoms with Gasteiger partial charge in [-0.1, -0.05) is 18.7 Å². The molecule has 1 heterocycles. The maximum absolute atomic E-state index is 5.83. The Morgan fingerprint density at radius 3 is 1.76 bits per heavy atom. The van der Waals surface area contributed by atoms with Crippen LogP contribution in [0.5, 0.6) is 0 Å². The van der Waals surface area contributed by atoms with Gasteiger partial charge < -0.3 is 16.0 Å². The molecule has 1 aromatic heterocycles. The summed E-state index contributed by atoms with van der Waals surface area (Å²) in [4.78, 5) is 0. The lowest BCUT2D eigenvalue weighted by atomic mass is 10.1. The summed E-state index contributed by atoms with van der Waals surface area (Å²) >= 11 is 0. The van der Waals surface area contributed by atoms with E-state index in [2.05, 4.69) is 6.58 Å². The predicted octanol–water partition coefficient (Wildman–Crippen LogP) is 3.06. The number of hydrogen-bond acceptors (Lipinski definition) is 2. The Morgan fingerprint density at radius 2 is 1.35 bits per heavy atom. The van der Waals surface area contributed by atoms with Crippen molar-refractivity contribution in [3.63, 3.8) is 0 Å². The summed E-state index contributed by atoms with van der Waals surface area (Å²) < 4.78 is 2.01. The molecule has 0 amide bonds. The zero-order valence-electron chi connectivity index (χ0n) is 9.35. The van der Waals surface area contributed by atoms with E-state index in [1.54, 1.807) is 6.20 Å². The van der Waals surface area contributed by atoms with Crippen molar-refractivity contribution in [1.82, 2.24) is 4.57 Å². The fourth-order valence-corrected chi connectivity index (χ4v) is 2.28. The van der Waals surface area contributed by atoms with Crippen LogP contribution in [0.2, 0.25) is 0 Å². The summed E-state index contributed by atoms with van der Waals surface area (Å²) in [6, 6.07) is 11.8. The molecule has 0 aliphatic carbocycles. The highest BCUT2D eigenvalue weighted by molar-refractivity contribution is 6.10. The molecule has 17 heavy (non-hydrogen) atoms. The number of anilines is 2. The molecule has 0 radical (unpaired) electrons. The first-order valence-corrected chi connectivity index (χ1v) is 5.42. The maximum atomic E-state index is 5.83. The maximum Gasteiger partial charge on any atom is 0.0555 e. The molecular weight excluding hydrogens is 210 g/mol. The second-order valence-electron chi connectivity index (χ2n) is 4.11. The van der Waals surface area contributed by atoms with Gasteiger partial charge in [-0.3, -0.25) is 0 Å². The van der Waals surface area contributed by atoms with Gasteiger partial charge in [0.25, 0.3) is 0 Å². The highest BCUT2D eigenvalue weighted by Gasteiger charge is 2.08. The summed E-state index contributed by atoms with van der Waals surface area (Å²) in [6.45, 7) is 3.84. The minimum Gasteiger partial charge on any atom is -0.399 e. The summed E-state index contributed by atoms with van der Waals surface area (Å²) in [6.07, 6.45) is 1.78. The third kappa shape index (κ3) is 1.29. The standard InChI is InChI=1S/C14H13N3/c1-2-17-13-7-9(15)3-5-11(13)12-6-4-10(16)8-14(12)17/h2-8H,1,15-16H2. The highest BCUT2D eigenvalue weighted by atomic mass is 15.0. The van der Waals surface area contributed by atoms with Crippen LogP contribution >= 0.6 is 0 Å². The van der Waals surface area contributed by atoms with Crippen LogP contribution in [-0.2, 0) is 0 Å². The Hall–Kier alpha value is -2.42. The fourth-order valence-electron chi connectivity index (χ4n) is 2.28. The number of nitrogens with two attached hydrogens (primary N) is 2. The number of aromatic nitrogens is 1. The Bertz CT molecular complexity index is 679. The molecule has 0 bridgehead atoms. The van der Waals surface area contributed by atoms with E-state index in [1.807, 2.05) is 41.0 Å². The van der Waals surface area contributed by atoms with Crippen LogP contribution < -0.4 is 11.5 Å². The largest absolute Gasteiger partial charge is 0.399 e. The molecule has 4 N–H and O–H groups in total. The molecule has 3 heteroatoms. The van der Waals surface area contributed by atoms with Crippen molar-refractivity contribution in [1.29, 1.82) is 0 Å². The Morgan fingerprint density at radius 1 is 0.882 bits per heavy atom. The molecular formula is C14H13N3. The lowest BCUT2D eigenvalue weighted by molar-refractivity contribution is 1.30. The number of rotatable bonds is 1. The van der Waals surface area contributed by atoms with Crippen LogP contribution in [0, 0.1) is 0 Å². The van der Waals surface area contributed by atoms with E-state index in [0.29, 0.717) is 0 Å². The lowest BCUT2D eigenvalue weighted by Crippen LogP contribution is -1.88. The van der Waals surface area contributed by atoms with Gasteiger partial charge in [0, 0.05) is 28.3 Å². The van der Waals surface area contributed by atoms with Crippen LogP contribution in [-0.4, -0.2) is 4.57 Å². The summed E-state index contributed by atoms with van der Waals surface area (Å²) in [5, 5.41) is 2.32. The number of nitrogen functional groups attached to an aromatic ring is 2. The van der Waals surface area contributed by atoms with Gasteiger partial charge >= 0.3 is 0 Å². The minimum absolute atomic E-state index is 0.747. The molecule has 0 aliphatic heterocycles. The second kappa shape index (κ2) is 3.28. The molecule has 3 nitrogen and oxygen atoms in total. The fraction of sp³-hybridized carbons (Fsp3) is 0. The minimum atomic E-state index is 0.747. The predicted molar refractivity (Wildman–Crippen MR) is 74.7 cm³/mol. The van der Waals surface area contributed by atoms with Gasteiger partial charge in [-0.2, -0.15) is 0 Å². The van der Waals surface area contributed by atoms with Crippen molar-refractivity contribution in [3.05, 3.63) is 43.0 Å². The van der Waals surface area contributed by atoms with Crippen molar-refractivity contribution in [2.45, 2.75) is 0 Å². The molecule has 0 aliphatic rings. The van der Waals surface area contributed by atoms with Gasteiger partial charge in [0.2, 0.25) is 0 Å². The van der Waals surface area contributed by atoms with Crippen LogP contribution in [0.15, 0.2) is 43.0 Å².